The molecule has 0 bridgehead atoms. The number of aromatic nitrogens is 2. The van der Waals surface area contributed by atoms with Gasteiger partial charge in [-0.1, -0.05) is 23.8 Å². The van der Waals surface area contributed by atoms with Crippen molar-refractivity contribution in [3.8, 4) is 0 Å². The number of hydrogen-bond donors (Lipinski definition) is 2. The van der Waals surface area contributed by atoms with Gasteiger partial charge in [0, 0.05) is 11.8 Å². The molecule has 0 fully saturated rings. The fourth-order valence-electron chi connectivity index (χ4n) is 2.56. The molecule has 2 aromatic rings. The molecule has 23 heavy (non-hydrogen) atoms. The molecule has 2 heterocycles. The van der Waals surface area contributed by atoms with E-state index in [1.807, 2.05) is 31.2 Å². The van der Waals surface area contributed by atoms with Crippen LogP contribution in [0.3, 0.4) is 0 Å². The summed E-state index contributed by atoms with van der Waals surface area (Å²) in [5.41, 5.74) is 8.44. The van der Waals surface area contributed by atoms with E-state index in [0.717, 1.165) is 11.1 Å². The Morgan fingerprint density at radius 3 is 3.00 bits per heavy atom. The van der Waals surface area contributed by atoms with Gasteiger partial charge < -0.3 is 15.6 Å². The summed E-state index contributed by atoms with van der Waals surface area (Å²) in [7, 11) is 0. The van der Waals surface area contributed by atoms with Gasteiger partial charge in [0.1, 0.15) is 0 Å². The first-order valence-electron chi connectivity index (χ1n) is 7.25. The second-order valence-corrected chi connectivity index (χ2v) is 5.30. The van der Waals surface area contributed by atoms with Crippen LogP contribution in [0.5, 0.6) is 0 Å². The van der Waals surface area contributed by atoms with E-state index in [1.165, 1.54) is 0 Å². The molecule has 0 radical (unpaired) electrons. The van der Waals surface area contributed by atoms with Gasteiger partial charge in [0.15, 0.2) is 18.2 Å². The Labute approximate surface area is 133 Å². The van der Waals surface area contributed by atoms with E-state index in [-0.39, 0.29) is 13.3 Å². The lowest BCUT2D eigenvalue weighted by Crippen LogP contribution is -2.28. The Kier molecular flexibility index (Phi) is 4.03. The van der Waals surface area contributed by atoms with Crippen LogP contribution < -0.4 is 10.6 Å². The Morgan fingerprint density at radius 2 is 2.30 bits per heavy atom. The van der Waals surface area contributed by atoms with E-state index in [1.54, 1.807) is 22.0 Å². The van der Waals surface area contributed by atoms with Crippen molar-refractivity contribution in [2.24, 2.45) is 5.73 Å². The topological polar surface area (TPSA) is 93.6 Å². The molecule has 0 aliphatic carbocycles. The summed E-state index contributed by atoms with van der Waals surface area (Å²) in [5.74, 6) is -0.0926. The van der Waals surface area contributed by atoms with Crippen LogP contribution in [0.25, 0.3) is 5.76 Å². The molecule has 3 rings (SSSR count). The number of benzene rings is 1. The summed E-state index contributed by atoms with van der Waals surface area (Å²) in [6.07, 6.45) is 3.35. The van der Waals surface area contributed by atoms with Crippen LogP contribution in [0, 0.1) is 6.92 Å². The number of nitrogens with zero attached hydrogens (tertiary/aromatic N) is 3. The molecule has 120 valence electrons. The van der Waals surface area contributed by atoms with E-state index in [9.17, 15) is 4.79 Å². The predicted molar refractivity (Wildman–Crippen MR) is 85.0 cm³/mol. The largest absolute Gasteiger partial charge is 0.470 e. The first-order chi connectivity index (χ1) is 11.1. The van der Waals surface area contributed by atoms with Gasteiger partial charge in [-0.3, -0.25) is 14.4 Å². The molecule has 1 aromatic heterocycles. The average Bonchev–Trinajstić information content (AvgIpc) is 3.13. The molecule has 0 saturated heterocycles. The smallest absolute Gasteiger partial charge is 0.269 e. The number of carbonyl (C=O) groups is 1. The molecule has 0 saturated carbocycles. The fourth-order valence-corrected chi connectivity index (χ4v) is 2.56. The van der Waals surface area contributed by atoms with E-state index in [4.69, 9.17) is 15.6 Å². The van der Waals surface area contributed by atoms with Gasteiger partial charge in [-0.2, -0.15) is 5.10 Å². The third kappa shape index (κ3) is 2.91. The SMILES string of the molecule is Cc1cccc(C2=C(C(N)=O)N(c3cnn(CCO)c3)CO2)c1. The minimum absolute atomic E-state index is 0.00925. The molecule has 0 spiro atoms. The minimum atomic E-state index is -0.561. The maximum absolute atomic E-state index is 12.0. The average molecular weight is 314 g/mol. The zero-order valence-electron chi connectivity index (χ0n) is 12.8. The van der Waals surface area contributed by atoms with E-state index in [2.05, 4.69) is 5.10 Å². The van der Waals surface area contributed by atoms with Crippen molar-refractivity contribution >= 4 is 17.4 Å². The summed E-state index contributed by atoms with van der Waals surface area (Å²) in [5, 5.41) is 13.1. The number of nitrogens with two attached hydrogens (primary N) is 1. The number of hydrogen-bond acceptors (Lipinski definition) is 5. The molecule has 7 nitrogen and oxygen atoms in total. The van der Waals surface area contributed by atoms with E-state index < -0.39 is 5.91 Å². The summed E-state index contributed by atoms with van der Waals surface area (Å²) in [4.78, 5) is 13.6. The van der Waals surface area contributed by atoms with Crippen molar-refractivity contribution in [3.05, 3.63) is 53.5 Å². The molecule has 0 atom stereocenters. The third-order valence-electron chi connectivity index (χ3n) is 3.60. The summed E-state index contributed by atoms with van der Waals surface area (Å²) >= 11 is 0. The first kappa shape index (κ1) is 15.1. The number of primary amides is 1. The van der Waals surface area contributed by atoms with Crippen molar-refractivity contribution in [1.29, 1.82) is 0 Å². The number of ether oxygens (including phenoxy) is 1. The molecule has 0 unspecified atom stereocenters. The molecule has 1 aliphatic rings. The summed E-state index contributed by atoms with van der Waals surface area (Å²) in [6, 6.07) is 7.70. The minimum Gasteiger partial charge on any atom is -0.470 e. The van der Waals surface area contributed by atoms with Gasteiger partial charge in [-0.15, -0.1) is 0 Å². The van der Waals surface area contributed by atoms with Crippen molar-refractivity contribution in [2.75, 3.05) is 18.2 Å². The highest BCUT2D eigenvalue weighted by atomic mass is 16.5. The number of anilines is 1. The number of amides is 1. The lowest BCUT2D eigenvalue weighted by atomic mass is 10.1. The van der Waals surface area contributed by atoms with Crippen molar-refractivity contribution in [1.82, 2.24) is 9.78 Å². The standard InChI is InChI=1S/C16H18N4O3/c1-11-3-2-4-12(7-11)15-14(16(17)22)20(10-23-15)13-8-18-19(9-13)5-6-21/h2-4,7-9,21H,5-6,10H2,1H3,(H2,17,22). The Balaban J connectivity index is 2.00. The van der Waals surface area contributed by atoms with Crippen LogP contribution in [0.1, 0.15) is 11.1 Å². The quantitative estimate of drug-likeness (QED) is 0.852. The molecule has 1 aliphatic heterocycles. The first-order valence-corrected chi connectivity index (χ1v) is 7.25. The summed E-state index contributed by atoms with van der Waals surface area (Å²) < 4.78 is 7.32. The molecular formula is C16H18N4O3. The van der Waals surface area contributed by atoms with E-state index >= 15 is 0 Å². The third-order valence-corrected chi connectivity index (χ3v) is 3.60. The highest BCUT2D eigenvalue weighted by Gasteiger charge is 2.31. The number of carbonyl (C=O) groups excluding carboxylic acids is 1. The van der Waals surface area contributed by atoms with Crippen molar-refractivity contribution in [2.45, 2.75) is 13.5 Å². The molecule has 1 aromatic carbocycles. The van der Waals surface area contributed by atoms with Crippen LogP contribution in [-0.4, -0.2) is 34.1 Å². The Hall–Kier alpha value is -2.80. The second-order valence-electron chi connectivity index (χ2n) is 5.30. The van der Waals surface area contributed by atoms with Gasteiger partial charge in [-0.05, 0) is 13.0 Å². The number of aliphatic hydroxyl groups is 1. The Morgan fingerprint density at radius 1 is 1.48 bits per heavy atom. The zero-order valence-corrected chi connectivity index (χ0v) is 12.8. The van der Waals surface area contributed by atoms with Gasteiger partial charge in [0.2, 0.25) is 0 Å². The summed E-state index contributed by atoms with van der Waals surface area (Å²) in [6.45, 7) is 2.53. The monoisotopic (exact) mass is 314 g/mol. The number of rotatable bonds is 5. The van der Waals surface area contributed by atoms with E-state index in [0.29, 0.717) is 23.7 Å². The molecule has 7 heteroatoms. The van der Waals surface area contributed by atoms with Gasteiger partial charge in [0.05, 0.1) is 25.0 Å². The lowest BCUT2D eigenvalue weighted by Gasteiger charge is -2.15. The highest BCUT2D eigenvalue weighted by molar-refractivity contribution is 6.03. The Bertz CT molecular complexity index is 766. The molecular weight excluding hydrogens is 296 g/mol. The maximum atomic E-state index is 12.0. The molecule has 1 amide bonds. The van der Waals surface area contributed by atoms with Crippen LogP contribution >= 0.6 is 0 Å². The number of aryl methyl sites for hydroxylation is 1. The van der Waals surface area contributed by atoms with Gasteiger partial charge in [0.25, 0.3) is 5.91 Å². The van der Waals surface area contributed by atoms with Gasteiger partial charge in [-0.25, -0.2) is 0 Å². The maximum Gasteiger partial charge on any atom is 0.269 e. The van der Waals surface area contributed by atoms with Crippen molar-refractivity contribution < 1.29 is 14.6 Å². The predicted octanol–water partition coefficient (Wildman–Crippen LogP) is 0.832. The lowest BCUT2D eigenvalue weighted by molar-refractivity contribution is -0.114. The fraction of sp³-hybridized carbons (Fsp3) is 0.250. The van der Waals surface area contributed by atoms with Gasteiger partial charge >= 0.3 is 0 Å². The zero-order chi connectivity index (χ0) is 16.4. The van der Waals surface area contributed by atoms with Crippen molar-refractivity contribution in [3.63, 3.8) is 0 Å². The van der Waals surface area contributed by atoms with Crippen LogP contribution in [0.2, 0.25) is 0 Å². The molecule has 3 N–H and O–H groups in total. The van der Waals surface area contributed by atoms with Crippen LogP contribution in [0.15, 0.2) is 42.4 Å². The van der Waals surface area contributed by atoms with Crippen LogP contribution in [0.4, 0.5) is 5.69 Å². The second kappa shape index (κ2) is 6.13. The number of aliphatic hydroxyl groups excluding tert-OH is 1. The normalized spacial score (nSPS) is 14.3. The highest BCUT2D eigenvalue weighted by Crippen LogP contribution is 2.32. The van der Waals surface area contributed by atoms with Crippen LogP contribution in [-0.2, 0) is 16.1 Å².